The van der Waals surface area contributed by atoms with Crippen LogP contribution in [0.2, 0.25) is 0 Å². The van der Waals surface area contributed by atoms with Crippen molar-refractivity contribution in [2.45, 2.75) is 13.0 Å². The predicted octanol–water partition coefficient (Wildman–Crippen LogP) is 2.03. The van der Waals surface area contributed by atoms with Crippen LogP contribution < -0.4 is 14.8 Å². The summed E-state index contributed by atoms with van der Waals surface area (Å²) in [7, 11) is 0. The van der Waals surface area contributed by atoms with Gasteiger partial charge in [0.1, 0.15) is 12.7 Å². The lowest BCUT2D eigenvalue weighted by molar-refractivity contribution is -0.124. The molecule has 2 aromatic carbocycles. The summed E-state index contributed by atoms with van der Waals surface area (Å²) in [5.41, 5.74) is 1.96. The third kappa shape index (κ3) is 4.18. The minimum Gasteiger partial charge on any atom is -0.454 e. The molecule has 9 heteroatoms. The quantitative estimate of drug-likeness (QED) is 0.638. The Morgan fingerprint density at radius 1 is 1.17 bits per heavy atom. The van der Waals surface area contributed by atoms with Crippen LogP contribution in [-0.4, -0.2) is 40.0 Å². The maximum absolute atomic E-state index is 12.2. The zero-order valence-corrected chi connectivity index (χ0v) is 15.6. The van der Waals surface area contributed by atoms with Crippen LogP contribution in [0.5, 0.6) is 11.5 Å². The van der Waals surface area contributed by atoms with E-state index in [1.165, 1.54) is 6.33 Å². The maximum Gasteiger partial charge on any atom is 0.338 e. The van der Waals surface area contributed by atoms with Crippen LogP contribution in [0, 0.1) is 0 Å². The van der Waals surface area contributed by atoms with Gasteiger partial charge in [-0.1, -0.05) is 6.07 Å². The van der Waals surface area contributed by atoms with Gasteiger partial charge in [0.25, 0.3) is 5.91 Å². The molecule has 1 aromatic heterocycles. The average Bonchev–Trinajstić information content (AvgIpc) is 3.43. The van der Waals surface area contributed by atoms with Crippen molar-refractivity contribution in [2.75, 3.05) is 13.4 Å². The molecule has 0 saturated heterocycles. The largest absolute Gasteiger partial charge is 0.454 e. The van der Waals surface area contributed by atoms with Crippen LogP contribution in [0.4, 0.5) is 0 Å². The summed E-state index contributed by atoms with van der Waals surface area (Å²) in [4.78, 5) is 28.2. The van der Waals surface area contributed by atoms with Crippen molar-refractivity contribution < 1.29 is 23.8 Å². The Morgan fingerprint density at radius 2 is 1.97 bits per heavy atom. The lowest BCUT2D eigenvalue weighted by Gasteiger charge is -2.15. The van der Waals surface area contributed by atoms with Gasteiger partial charge in [0.2, 0.25) is 6.79 Å². The van der Waals surface area contributed by atoms with E-state index in [0.717, 1.165) is 11.3 Å². The number of aromatic nitrogens is 3. The summed E-state index contributed by atoms with van der Waals surface area (Å²) >= 11 is 0. The summed E-state index contributed by atoms with van der Waals surface area (Å²) in [6.07, 6.45) is 2.98. The summed E-state index contributed by atoms with van der Waals surface area (Å²) in [5, 5.41) is 6.80. The first kappa shape index (κ1) is 18.5. The van der Waals surface area contributed by atoms with E-state index in [4.69, 9.17) is 14.2 Å². The number of nitrogens with one attached hydrogen (secondary N) is 1. The second kappa shape index (κ2) is 8.01. The fraction of sp³-hybridized carbons (Fsp3) is 0.200. The molecule has 0 fully saturated rings. The van der Waals surface area contributed by atoms with E-state index in [1.54, 1.807) is 41.3 Å². The van der Waals surface area contributed by atoms with Gasteiger partial charge in [-0.05, 0) is 48.9 Å². The zero-order chi connectivity index (χ0) is 20.2. The number of rotatable bonds is 6. The van der Waals surface area contributed by atoms with E-state index < -0.39 is 11.9 Å². The molecule has 0 saturated carbocycles. The SMILES string of the molecule is C[C@H](NC(=O)COC(=O)c1ccc(-n2cncn2)cc1)c1ccc2c(c1)OCO2. The van der Waals surface area contributed by atoms with Crippen molar-refractivity contribution in [3.63, 3.8) is 0 Å². The van der Waals surface area contributed by atoms with Crippen molar-refractivity contribution in [3.05, 3.63) is 66.2 Å². The van der Waals surface area contributed by atoms with Gasteiger partial charge in [0.05, 0.1) is 17.3 Å². The Balaban J connectivity index is 1.29. The molecule has 1 aliphatic heterocycles. The van der Waals surface area contributed by atoms with Crippen LogP contribution in [0.25, 0.3) is 5.69 Å². The number of ether oxygens (including phenoxy) is 3. The molecule has 0 aliphatic carbocycles. The predicted molar refractivity (Wildman–Crippen MR) is 101 cm³/mol. The highest BCUT2D eigenvalue weighted by atomic mass is 16.7. The van der Waals surface area contributed by atoms with Gasteiger partial charge in [0.15, 0.2) is 18.1 Å². The van der Waals surface area contributed by atoms with Crippen LogP contribution in [0.3, 0.4) is 0 Å². The molecule has 4 rings (SSSR count). The van der Waals surface area contributed by atoms with Gasteiger partial charge >= 0.3 is 5.97 Å². The molecule has 1 N–H and O–H groups in total. The fourth-order valence-electron chi connectivity index (χ4n) is 2.86. The third-order valence-electron chi connectivity index (χ3n) is 4.39. The molecule has 0 bridgehead atoms. The van der Waals surface area contributed by atoms with E-state index in [9.17, 15) is 9.59 Å². The number of benzene rings is 2. The lowest BCUT2D eigenvalue weighted by Crippen LogP contribution is -2.31. The van der Waals surface area contributed by atoms with Gasteiger partial charge < -0.3 is 19.5 Å². The molecule has 3 aromatic rings. The molecule has 1 aliphatic rings. The highest BCUT2D eigenvalue weighted by Gasteiger charge is 2.17. The molecule has 0 radical (unpaired) electrons. The summed E-state index contributed by atoms with van der Waals surface area (Å²) in [6, 6.07) is 11.8. The summed E-state index contributed by atoms with van der Waals surface area (Å²) in [6.45, 7) is 1.65. The molecule has 9 nitrogen and oxygen atoms in total. The Labute approximate surface area is 166 Å². The molecule has 0 unspecified atom stereocenters. The monoisotopic (exact) mass is 394 g/mol. The summed E-state index contributed by atoms with van der Waals surface area (Å²) in [5.74, 6) is 0.337. The van der Waals surface area contributed by atoms with Gasteiger partial charge in [-0.2, -0.15) is 5.10 Å². The van der Waals surface area contributed by atoms with Gasteiger partial charge in [0, 0.05) is 0 Å². The Kier molecular flexibility index (Phi) is 5.10. The number of fused-ring (bicyclic) bond motifs is 1. The Morgan fingerprint density at radius 3 is 2.72 bits per heavy atom. The second-order valence-corrected chi connectivity index (χ2v) is 6.36. The van der Waals surface area contributed by atoms with Gasteiger partial charge in [-0.25, -0.2) is 14.5 Å². The summed E-state index contributed by atoms with van der Waals surface area (Å²) < 4.78 is 17.3. The molecule has 1 amide bonds. The van der Waals surface area contributed by atoms with Gasteiger partial charge in [-0.3, -0.25) is 4.79 Å². The maximum atomic E-state index is 12.2. The number of carbonyl (C=O) groups excluding carboxylic acids is 2. The molecule has 29 heavy (non-hydrogen) atoms. The number of nitrogens with zero attached hydrogens (tertiary/aromatic N) is 3. The zero-order valence-electron chi connectivity index (χ0n) is 15.6. The highest BCUT2D eigenvalue weighted by Crippen LogP contribution is 2.34. The van der Waals surface area contributed by atoms with E-state index >= 15 is 0 Å². The number of carbonyl (C=O) groups is 2. The Bertz CT molecular complexity index is 1020. The van der Waals surface area contributed by atoms with Crippen molar-refractivity contribution in [2.24, 2.45) is 0 Å². The topological polar surface area (TPSA) is 105 Å². The van der Waals surface area contributed by atoms with Crippen molar-refractivity contribution >= 4 is 11.9 Å². The number of amides is 1. The van der Waals surface area contributed by atoms with E-state index in [1.807, 2.05) is 19.1 Å². The Hall–Kier alpha value is -3.88. The minimum atomic E-state index is -0.582. The standard InChI is InChI=1S/C20H18N4O5/c1-13(15-4-7-17-18(8-15)29-12-28-17)23-19(25)9-27-20(26)14-2-5-16(6-3-14)24-11-21-10-22-24/h2-8,10-11,13H,9,12H2,1H3,(H,23,25)/t13-/m0/s1. The van der Waals surface area contributed by atoms with E-state index in [-0.39, 0.29) is 19.4 Å². The number of hydrogen-bond acceptors (Lipinski definition) is 7. The highest BCUT2D eigenvalue weighted by molar-refractivity contribution is 5.91. The van der Waals surface area contributed by atoms with Crippen LogP contribution in [-0.2, 0) is 9.53 Å². The molecule has 0 spiro atoms. The average molecular weight is 394 g/mol. The number of hydrogen-bond donors (Lipinski definition) is 1. The minimum absolute atomic E-state index is 0.190. The van der Waals surface area contributed by atoms with Crippen LogP contribution >= 0.6 is 0 Å². The molecule has 148 valence electrons. The molecular formula is C20H18N4O5. The lowest BCUT2D eigenvalue weighted by atomic mass is 10.1. The fourth-order valence-corrected chi connectivity index (χ4v) is 2.86. The van der Waals surface area contributed by atoms with Crippen molar-refractivity contribution in [1.29, 1.82) is 0 Å². The van der Waals surface area contributed by atoms with Crippen LogP contribution in [0.15, 0.2) is 55.1 Å². The molecular weight excluding hydrogens is 376 g/mol. The molecule has 2 heterocycles. The second-order valence-electron chi connectivity index (χ2n) is 6.36. The third-order valence-corrected chi connectivity index (χ3v) is 4.39. The first-order valence-electron chi connectivity index (χ1n) is 8.91. The normalized spacial score (nSPS) is 13.0. The number of esters is 1. The first-order valence-corrected chi connectivity index (χ1v) is 8.91. The smallest absolute Gasteiger partial charge is 0.338 e. The van der Waals surface area contributed by atoms with E-state index in [2.05, 4.69) is 15.4 Å². The van der Waals surface area contributed by atoms with Gasteiger partial charge in [-0.15, -0.1) is 0 Å². The molecule has 1 atom stereocenters. The first-order chi connectivity index (χ1) is 14.1. The van der Waals surface area contributed by atoms with Crippen molar-refractivity contribution in [3.8, 4) is 17.2 Å². The van der Waals surface area contributed by atoms with Crippen LogP contribution in [0.1, 0.15) is 28.9 Å². The van der Waals surface area contributed by atoms with E-state index in [0.29, 0.717) is 17.1 Å². The van der Waals surface area contributed by atoms with Crippen molar-refractivity contribution in [1.82, 2.24) is 20.1 Å².